The third-order valence-corrected chi connectivity index (χ3v) is 4.33. The summed E-state index contributed by atoms with van der Waals surface area (Å²) in [5.41, 5.74) is 5.37. The van der Waals surface area contributed by atoms with E-state index in [9.17, 15) is 33.4 Å². The summed E-state index contributed by atoms with van der Waals surface area (Å²) in [6.45, 7) is 5.27. The average Bonchev–Trinajstić information content (AvgIpc) is 2.64. The molecule has 0 bridgehead atoms. The molecule has 1 heterocycles. The van der Waals surface area contributed by atoms with Crippen molar-refractivity contribution in [3.05, 3.63) is 12.4 Å². The molecule has 11 nitrogen and oxygen atoms in total. The molecule has 0 spiro atoms. The molecule has 0 aromatic rings. The molecular weight excluding hydrogens is 412 g/mol. The van der Waals surface area contributed by atoms with E-state index in [4.69, 9.17) is 20.3 Å². The standard InChI is InChI=1S/C17H27F2N3O8/c1-4-5-10(25)29-6-9(24)13(26)14-11(22-8(3)23)12(21-7(2)20)15(18)17(19,30-14)16(27)28/h9,11-15,21,24,26H,2,4-6,20H2,1,3H3,(H,22,23)(H,27,28)/t9-,11-,12?,13-,14?,15+,17-/m1/s1. The van der Waals surface area contributed by atoms with Crippen LogP contribution in [0.5, 0.6) is 0 Å². The summed E-state index contributed by atoms with van der Waals surface area (Å²) < 4.78 is 39.1. The Hall–Kier alpha value is -2.51. The van der Waals surface area contributed by atoms with Crippen LogP contribution >= 0.6 is 0 Å². The van der Waals surface area contributed by atoms with E-state index in [1.54, 1.807) is 6.92 Å². The number of carbonyl (C=O) groups excluding carboxylic acids is 2. The summed E-state index contributed by atoms with van der Waals surface area (Å²) in [6, 6.07) is -3.42. The molecule has 1 fully saturated rings. The molecule has 172 valence electrons. The first-order chi connectivity index (χ1) is 13.8. The van der Waals surface area contributed by atoms with Gasteiger partial charge < -0.3 is 41.2 Å². The zero-order valence-electron chi connectivity index (χ0n) is 16.5. The van der Waals surface area contributed by atoms with E-state index < -0.39 is 66.9 Å². The molecule has 1 saturated heterocycles. The number of nitrogens with two attached hydrogens (primary N) is 1. The first kappa shape index (κ1) is 25.5. The second-order valence-electron chi connectivity index (χ2n) is 6.85. The Kier molecular flexibility index (Phi) is 8.93. The van der Waals surface area contributed by atoms with Crippen molar-refractivity contribution in [1.82, 2.24) is 10.6 Å². The predicted octanol–water partition coefficient (Wildman–Crippen LogP) is -1.57. The number of esters is 1. The molecule has 30 heavy (non-hydrogen) atoms. The van der Waals surface area contributed by atoms with Crippen LogP contribution in [0.15, 0.2) is 12.4 Å². The lowest BCUT2D eigenvalue weighted by Gasteiger charge is -2.47. The number of carboxylic acid groups (broad SMARTS) is 1. The van der Waals surface area contributed by atoms with Crippen molar-refractivity contribution < 1.29 is 48.0 Å². The number of ether oxygens (including phenoxy) is 2. The molecule has 1 aliphatic rings. The van der Waals surface area contributed by atoms with Gasteiger partial charge in [-0.1, -0.05) is 13.5 Å². The van der Waals surface area contributed by atoms with Gasteiger partial charge >= 0.3 is 17.8 Å². The molecule has 1 rings (SSSR count). The number of halogens is 2. The highest BCUT2D eigenvalue weighted by Gasteiger charge is 2.63. The quantitative estimate of drug-likeness (QED) is 0.218. The minimum absolute atomic E-state index is 0.0397. The van der Waals surface area contributed by atoms with Gasteiger partial charge in [-0.3, -0.25) is 9.59 Å². The molecule has 2 unspecified atom stereocenters. The molecular formula is C17H27F2N3O8. The van der Waals surface area contributed by atoms with Crippen LogP contribution in [-0.2, 0) is 23.9 Å². The van der Waals surface area contributed by atoms with Crippen LogP contribution in [0.3, 0.4) is 0 Å². The largest absolute Gasteiger partial charge is 0.477 e. The molecule has 0 radical (unpaired) electrons. The third-order valence-electron chi connectivity index (χ3n) is 4.33. The number of aliphatic carboxylic acids is 1. The fourth-order valence-corrected chi connectivity index (χ4v) is 2.96. The summed E-state index contributed by atoms with van der Waals surface area (Å²) >= 11 is 0. The average molecular weight is 439 g/mol. The second-order valence-corrected chi connectivity index (χ2v) is 6.85. The lowest BCUT2D eigenvalue weighted by atomic mass is 9.86. The molecule has 13 heteroatoms. The maximum atomic E-state index is 14.9. The van der Waals surface area contributed by atoms with Crippen molar-refractivity contribution in [2.45, 2.75) is 69.1 Å². The molecule has 1 amide bonds. The van der Waals surface area contributed by atoms with Gasteiger partial charge in [0.15, 0.2) is 6.17 Å². The van der Waals surface area contributed by atoms with E-state index in [1.807, 2.05) is 0 Å². The van der Waals surface area contributed by atoms with E-state index in [2.05, 4.69) is 17.2 Å². The molecule has 1 aliphatic heterocycles. The highest BCUT2D eigenvalue weighted by Crippen LogP contribution is 2.36. The zero-order valence-corrected chi connectivity index (χ0v) is 16.5. The van der Waals surface area contributed by atoms with Gasteiger partial charge in [0.2, 0.25) is 5.91 Å². The lowest BCUT2D eigenvalue weighted by molar-refractivity contribution is -0.278. The van der Waals surface area contributed by atoms with Crippen molar-refractivity contribution in [2.75, 3.05) is 6.61 Å². The summed E-state index contributed by atoms with van der Waals surface area (Å²) in [6.07, 6.45) is -8.33. The number of rotatable bonds is 10. The topological polar surface area (TPSA) is 180 Å². The van der Waals surface area contributed by atoms with Crippen LogP contribution in [0.1, 0.15) is 26.7 Å². The lowest BCUT2D eigenvalue weighted by Crippen LogP contribution is -2.74. The summed E-state index contributed by atoms with van der Waals surface area (Å²) in [7, 11) is 0. The number of aliphatic hydroxyl groups excluding tert-OH is 2. The van der Waals surface area contributed by atoms with Crippen molar-refractivity contribution >= 4 is 17.8 Å². The van der Waals surface area contributed by atoms with E-state index in [0.29, 0.717) is 6.42 Å². The third kappa shape index (κ3) is 6.00. The van der Waals surface area contributed by atoms with Crippen LogP contribution in [0, 0.1) is 0 Å². The summed E-state index contributed by atoms with van der Waals surface area (Å²) in [5, 5.41) is 34.1. The fraction of sp³-hybridized carbons (Fsp3) is 0.706. The number of alkyl halides is 2. The number of hydrogen-bond acceptors (Lipinski definition) is 9. The molecule has 0 aromatic heterocycles. The zero-order chi connectivity index (χ0) is 23.2. The highest BCUT2D eigenvalue weighted by molar-refractivity contribution is 5.77. The number of carbonyl (C=O) groups is 3. The molecule has 7 N–H and O–H groups in total. The SMILES string of the molecule is C=C(N)NC1[C@@H](NC(C)=O)C([C@H](O)[C@H](O)COC(=O)CCC)O[C@@](F)(C(=O)O)[C@H]1F. The van der Waals surface area contributed by atoms with E-state index in [-0.39, 0.29) is 12.2 Å². The summed E-state index contributed by atoms with van der Waals surface area (Å²) in [4.78, 5) is 34.4. The Morgan fingerprint density at radius 3 is 2.37 bits per heavy atom. The maximum absolute atomic E-state index is 14.9. The minimum Gasteiger partial charge on any atom is -0.477 e. The Bertz CT molecular complexity index is 667. The van der Waals surface area contributed by atoms with Crippen molar-refractivity contribution in [3.8, 4) is 0 Å². The van der Waals surface area contributed by atoms with Gasteiger partial charge in [0, 0.05) is 13.3 Å². The summed E-state index contributed by atoms with van der Waals surface area (Å²) in [5.74, 6) is -8.11. The molecule has 0 aliphatic carbocycles. The number of hydrogen-bond donors (Lipinski definition) is 6. The van der Waals surface area contributed by atoms with Gasteiger partial charge in [-0.25, -0.2) is 9.18 Å². The van der Waals surface area contributed by atoms with Crippen LogP contribution in [0.2, 0.25) is 0 Å². The van der Waals surface area contributed by atoms with Gasteiger partial charge in [-0.15, -0.1) is 0 Å². The van der Waals surface area contributed by atoms with Crippen LogP contribution < -0.4 is 16.4 Å². The van der Waals surface area contributed by atoms with Gasteiger partial charge in [0.25, 0.3) is 0 Å². The Labute approximate surface area is 171 Å². The number of aliphatic hydroxyl groups is 2. The highest BCUT2D eigenvalue weighted by atomic mass is 19.2. The fourth-order valence-electron chi connectivity index (χ4n) is 2.96. The van der Waals surface area contributed by atoms with Crippen LogP contribution in [0.4, 0.5) is 8.78 Å². The van der Waals surface area contributed by atoms with E-state index in [1.165, 1.54) is 0 Å². The van der Waals surface area contributed by atoms with Gasteiger partial charge in [-0.2, -0.15) is 4.39 Å². The van der Waals surface area contributed by atoms with Gasteiger partial charge in [-0.05, 0) is 6.42 Å². The van der Waals surface area contributed by atoms with Crippen molar-refractivity contribution in [1.29, 1.82) is 0 Å². The minimum atomic E-state index is -3.95. The van der Waals surface area contributed by atoms with Gasteiger partial charge in [0.1, 0.15) is 24.9 Å². The first-order valence-corrected chi connectivity index (χ1v) is 9.09. The normalized spacial score (nSPS) is 30.6. The molecule has 0 saturated carbocycles. The van der Waals surface area contributed by atoms with E-state index in [0.717, 1.165) is 6.92 Å². The van der Waals surface area contributed by atoms with Gasteiger partial charge in [0.05, 0.1) is 17.9 Å². The van der Waals surface area contributed by atoms with Crippen LogP contribution in [-0.4, -0.2) is 82.2 Å². The number of amides is 1. The monoisotopic (exact) mass is 439 g/mol. The smallest absolute Gasteiger partial charge is 0.372 e. The van der Waals surface area contributed by atoms with Crippen LogP contribution in [0.25, 0.3) is 0 Å². The Morgan fingerprint density at radius 1 is 1.30 bits per heavy atom. The van der Waals surface area contributed by atoms with Crippen molar-refractivity contribution in [2.24, 2.45) is 5.73 Å². The molecule has 7 atom stereocenters. The second kappa shape index (κ2) is 10.5. The number of carboxylic acids is 1. The first-order valence-electron chi connectivity index (χ1n) is 9.09. The molecule has 0 aromatic carbocycles. The predicted molar refractivity (Wildman–Crippen MR) is 97.0 cm³/mol. The number of nitrogens with one attached hydrogen (secondary N) is 2. The van der Waals surface area contributed by atoms with Crippen molar-refractivity contribution in [3.63, 3.8) is 0 Å². The Balaban J connectivity index is 3.23. The Morgan fingerprint density at radius 2 is 1.90 bits per heavy atom. The van der Waals surface area contributed by atoms with E-state index >= 15 is 0 Å². The maximum Gasteiger partial charge on any atom is 0.372 e.